The molecular weight excluding hydrogens is 817 g/mol. The van der Waals surface area contributed by atoms with Crippen molar-refractivity contribution in [2.24, 2.45) is 11.8 Å². The number of aliphatic carboxylic acids is 3. The van der Waals surface area contributed by atoms with Crippen molar-refractivity contribution >= 4 is 41.3 Å². The largest absolute Gasteiger partial charge is 0.481 e. The molecule has 0 aliphatic rings. The van der Waals surface area contributed by atoms with Crippen LogP contribution in [-0.4, -0.2) is 123 Å². The number of rotatable bonds is 46. The topological polar surface area (TPSA) is 241 Å². The Balaban J connectivity index is 0. The molecule has 16 heteroatoms. The molecule has 0 aliphatic carbocycles. The second-order valence-corrected chi connectivity index (χ2v) is 16.2. The summed E-state index contributed by atoms with van der Waals surface area (Å²) < 4.78 is 21.1. The van der Waals surface area contributed by atoms with Crippen LogP contribution in [0.3, 0.4) is 0 Å². The first kappa shape index (κ1) is 61.6. The van der Waals surface area contributed by atoms with Crippen molar-refractivity contribution in [1.29, 1.82) is 0 Å². The van der Waals surface area contributed by atoms with Gasteiger partial charge in [0.2, 0.25) is 11.8 Å². The minimum atomic E-state index is -0.981. The molecular formula is C47H86N2O14. The van der Waals surface area contributed by atoms with Gasteiger partial charge in [0.25, 0.3) is 0 Å². The molecule has 2 atom stereocenters. The summed E-state index contributed by atoms with van der Waals surface area (Å²) in [6, 6.07) is 0. The smallest absolute Gasteiger partial charge is 0.306 e. The number of amides is 2. The Morgan fingerprint density at radius 3 is 1.38 bits per heavy atom. The Bertz CT molecular complexity index is 1180. The van der Waals surface area contributed by atoms with Crippen LogP contribution in [0.5, 0.6) is 0 Å². The van der Waals surface area contributed by atoms with Gasteiger partial charge in [0.15, 0.2) is 0 Å². The fraction of sp³-hybridized carbons (Fsp3) is 0.851. The highest BCUT2D eigenvalue weighted by Gasteiger charge is 2.21. The highest BCUT2D eigenvalue weighted by Crippen LogP contribution is 2.17. The van der Waals surface area contributed by atoms with E-state index in [0.717, 1.165) is 64.2 Å². The van der Waals surface area contributed by atoms with Crippen molar-refractivity contribution in [3.63, 3.8) is 0 Å². The molecule has 0 aromatic carbocycles. The molecule has 0 saturated heterocycles. The number of ketones is 2. The van der Waals surface area contributed by atoms with Crippen LogP contribution in [0.25, 0.3) is 0 Å². The maximum absolute atomic E-state index is 12.0. The molecule has 0 spiro atoms. The average Bonchev–Trinajstić information content (AvgIpc) is 3.23. The summed E-state index contributed by atoms with van der Waals surface area (Å²) in [5.41, 5.74) is 0. The van der Waals surface area contributed by atoms with E-state index in [4.69, 9.17) is 29.2 Å². The summed E-state index contributed by atoms with van der Waals surface area (Å²) in [5.74, 6) is -3.93. The van der Waals surface area contributed by atoms with Gasteiger partial charge in [0.1, 0.15) is 24.8 Å². The van der Waals surface area contributed by atoms with Crippen LogP contribution in [0.4, 0.5) is 0 Å². The van der Waals surface area contributed by atoms with E-state index in [1.54, 1.807) is 0 Å². The monoisotopic (exact) mass is 903 g/mol. The molecule has 0 aromatic rings. The van der Waals surface area contributed by atoms with Gasteiger partial charge in [0.05, 0.1) is 44.9 Å². The van der Waals surface area contributed by atoms with Crippen molar-refractivity contribution in [3.05, 3.63) is 0 Å². The lowest BCUT2D eigenvalue weighted by Crippen LogP contribution is -2.31. The predicted molar refractivity (Wildman–Crippen MR) is 242 cm³/mol. The molecule has 0 unspecified atom stereocenters. The van der Waals surface area contributed by atoms with Gasteiger partial charge in [-0.25, -0.2) is 0 Å². The molecule has 5 N–H and O–H groups in total. The third-order valence-electron chi connectivity index (χ3n) is 10.3. The minimum Gasteiger partial charge on any atom is -0.481 e. The van der Waals surface area contributed by atoms with Crippen LogP contribution < -0.4 is 10.6 Å². The van der Waals surface area contributed by atoms with Crippen molar-refractivity contribution in [3.8, 4) is 0 Å². The second kappa shape index (κ2) is 46.5. The van der Waals surface area contributed by atoms with Gasteiger partial charge in [-0.15, -0.1) is 0 Å². The number of nitrogens with one attached hydrogen (secondary N) is 2. The van der Waals surface area contributed by atoms with Crippen molar-refractivity contribution in [1.82, 2.24) is 10.6 Å². The van der Waals surface area contributed by atoms with Crippen molar-refractivity contribution in [2.45, 2.75) is 181 Å². The summed E-state index contributed by atoms with van der Waals surface area (Å²) in [5, 5.41) is 32.2. The number of carbonyl (C=O) groups excluding carboxylic acids is 4. The molecule has 368 valence electrons. The SMILES string of the molecule is CC(=O)CC[C@H](CC(=O)CCCCCCCCCCCCCCCCC(=O)O)C(=O)O.CCCCOCCOCC(=O)NCCOCCOCC(=O)NCCCC[C@H](CC)C(=O)O. The van der Waals surface area contributed by atoms with Crippen LogP contribution in [0, 0.1) is 11.8 Å². The first-order chi connectivity index (χ1) is 30.3. The van der Waals surface area contributed by atoms with Crippen LogP contribution in [-0.2, 0) is 52.5 Å². The number of ether oxygens (including phenoxy) is 4. The highest BCUT2D eigenvalue weighted by atomic mass is 16.5. The first-order valence-corrected chi connectivity index (χ1v) is 23.9. The standard InChI is InChI=1S/C25H44O6.C22H42N2O8/c1-21(26)18-19-22(25(30)31)20-23(27)16-14-12-10-8-6-4-2-3-5-7-9-11-13-15-17-24(28)29;1-3-5-11-29-13-15-31-18-21(26)24-10-12-30-14-16-32-17-20(25)23-9-7-6-8-19(4-2)22(27)28/h22H,2-20H2,1H3,(H,28,29)(H,30,31);19H,3-18H2,1-2H3,(H,23,25)(H,24,26)(H,27,28)/t22-;19-/m10/s1. The quantitative estimate of drug-likeness (QED) is 0.0368. The summed E-state index contributed by atoms with van der Waals surface area (Å²) in [4.78, 5) is 78.8. The van der Waals surface area contributed by atoms with Gasteiger partial charge in [-0.3, -0.25) is 28.8 Å². The maximum atomic E-state index is 12.0. The Kier molecular flexibility index (Phi) is 45.5. The molecule has 0 bridgehead atoms. The number of carboxylic acids is 3. The number of carboxylic acid groups (broad SMARTS) is 3. The van der Waals surface area contributed by atoms with E-state index in [2.05, 4.69) is 17.6 Å². The van der Waals surface area contributed by atoms with E-state index in [1.165, 1.54) is 58.3 Å². The summed E-state index contributed by atoms with van der Waals surface area (Å²) in [7, 11) is 0. The molecule has 0 heterocycles. The second-order valence-electron chi connectivity index (χ2n) is 16.2. The first-order valence-electron chi connectivity index (χ1n) is 23.9. The Morgan fingerprint density at radius 2 is 0.921 bits per heavy atom. The third kappa shape index (κ3) is 47.8. The normalized spacial score (nSPS) is 11.9. The lowest BCUT2D eigenvalue weighted by atomic mass is 9.94. The maximum Gasteiger partial charge on any atom is 0.306 e. The number of hydrogen-bond donors (Lipinski definition) is 5. The van der Waals surface area contributed by atoms with Crippen molar-refractivity contribution < 1.29 is 67.8 Å². The number of Topliss-reactive ketones (excluding diaryl/α,β-unsaturated/α-hetero) is 2. The van der Waals surface area contributed by atoms with Gasteiger partial charge < -0.3 is 49.7 Å². The van der Waals surface area contributed by atoms with Crippen LogP contribution >= 0.6 is 0 Å². The predicted octanol–water partition coefficient (Wildman–Crippen LogP) is 7.71. The molecule has 63 heavy (non-hydrogen) atoms. The molecule has 0 aliphatic heterocycles. The summed E-state index contributed by atoms with van der Waals surface area (Å²) in [6.07, 6.45) is 22.0. The molecule has 16 nitrogen and oxygen atoms in total. The number of carbonyl (C=O) groups is 7. The van der Waals surface area contributed by atoms with Gasteiger partial charge in [-0.05, 0) is 51.9 Å². The van der Waals surface area contributed by atoms with Gasteiger partial charge in [-0.2, -0.15) is 0 Å². The van der Waals surface area contributed by atoms with E-state index in [-0.39, 0.29) is 68.4 Å². The van der Waals surface area contributed by atoms with E-state index >= 15 is 0 Å². The Morgan fingerprint density at radius 1 is 0.460 bits per heavy atom. The lowest BCUT2D eigenvalue weighted by Gasteiger charge is -2.10. The zero-order chi connectivity index (χ0) is 47.2. The fourth-order valence-electron chi connectivity index (χ4n) is 6.41. The minimum absolute atomic E-state index is 0.00200. The number of unbranched alkanes of at least 4 members (excludes halogenated alkanes) is 15. The molecule has 2 amide bonds. The Hall–Kier alpha value is -3.47. The van der Waals surface area contributed by atoms with Crippen molar-refractivity contribution in [2.75, 3.05) is 65.9 Å². The fourth-order valence-corrected chi connectivity index (χ4v) is 6.41. The summed E-state index contributed by atoms with van der Waals surface area (Å²) >= 11 is 0. The van der Waals surface area contributed by atoms with E-state index in [9.17, 15) is 38.7 Å². The average molecular weight is 903 g/mol. The van der Waals surface area contributed by atoms with E-state index in [1.807, 2.05) is 6.92 Å². The van der Waals surface area contributed by atoms with Gasteiger partial charge >= 0.3 is 17.9 Å². The number of hydrogen-bond acceptors (Lipinski definition) is 11. The molecule has 0 rings (SSSR count). The zero-order valence-electron chi connectivity index (χ0n) is 39.2. The van der Waals surface area contributed by atoms with Crippen LogP contribution in [0.15, 0.2) is 0 Å². The highest BCUT2D eigenvalue weighted by molar-refractivity contribution is 5.84. The molecule has 0 aromatic heterocycles. The lowest BCUT2D eigenvalue weighted by molar-refractivity contribution is -0.144. The van der Waals surface area contributed by atoms with Gasteiger partial charge in [-0.1, -0.05) is 104 Å². The van der Waals surface area contributed by atoms with E-state index in [0.29, 0.717) is 71.8 Å². The van der Waals surface area contributed by atoms with Crippen LogP contribution in [0.1, 0.15) is 181 Å². The van der Waals surface area contributed by atoms with Crippen LogP contribution in [0.2, 0.25) is 0 Å². The van der Waals surface area contributed by atoms with E-state index < -0.39 is 23.8 Å². The third-order valence-corrected chi connectivity index (χ3v) is 10.3. The molecule has 0 fully saturated rings. The molecule has 0 radical (unpaired) electrons. The Labute approximate surface area is 378 Å². The molecule has 0 saturated carbocycles. The van der Waals surface area contributed by atoms with Gasteiger partial charge in [0, 0.05) is 45.4 Å². The summed E-state index contributed by atoms with van der Waals surface area (Å²) in [6.45, 7) is 8.76. The zero-order valence-corrected chi connectivity index (χ0v) is 39.2.